The maximum absolute atomic E-state index is 13.2. The van der Waals surface area contributed by atoms with Gasteiger partial charge in [-0.1, -0.05) is 28.9 Å². The van der Waals surface area contributed by atoms with Crippen molar-refractivity contribution < 1.29 is 9.32 Å². The van der Waals surface area contributed by atoms with Gasteiger partial charge in [-0.25, -0.2) is 4.79 Å². The van der Waals surface area contributed by atoms with Gasteiger partial charge in [0.05, 0.1) is 12.6 Å². The van der Waals surface area contributed by atoms with Crippen molar-refractivity contribution in [2.45, 2.75) is 44.3 Å². The van der Waals surface area contributed by atoms with Crippen LogP contribution in [0.4, 0.5) is 10.6 Å². The van der Waals surface area contributed by atoms with Crippen LogP contribution in [0.15, 0.2) is 53.2 Å². The van der Waals surface area contributed by atoms with E-state index in [0.717, 1.165) is 50.2 Å². The number of hydrogen-bond donors (Lipinski definition) is 1. The summed E-state index contributed by atoms with van der Waals surface area (Å²) in [5, 5.41) is 16.0. The lowest BCUT2D eigenvalue weighted by molar-refractivity contribution is 0.160. The lowest BCUT2D eigenvalue weighted by Crippen LogP contribution is -2.54. The fraction of sp³-hybridized carbons (Fsp3) is 0.391. The number of hydrogen-bond acceptors (Lipinski definition) is 6. The summed E-state index contributed by atoms with van der Waals surface area (Å²) in [4.78, 5) is 17.4. The van der Waals surface area contributed by atoms with Crippen LogP contribution in [0.5, 0.6) is 0 Å². The molecule has 2 aromatic heterocycles. The summed E-state index contributed by atoms with van der Waals surface area (Å²) < 4.78 is 5.44. The van der Waals surface area contributed by atoms with Gasteiger partial charge in [0.1, 0.15) is 5.69 Å². The van der Waals surface area contributed by atoms with E-state index in [0.29, 0.717) is 29.1 Å². The number of piperidine rings is 1. The third-order valence-electron chi connectivity index (χ3n) is 5.94. The second kappa shape index (κ2) is 9.16. The van der Waals surface area contributed by atoms with Gasteiger partial charge in [0, 0.05) is 42.0 Å². The highest BCUT2D eigenvalue weighted by Gasteiger charge is 2.39. The molecule has 5 rings (SSSR count). The van der Waals surface area contributed by atoms with Gasteiger partial charge in [-0.05, 0) is 49.9 Å². The third-order valence-corrected chi connectivity index (χ3v) is 6.17. The standard InChI is InChI=1S/C23H25ClN6O2/c24-17-5-1-4-16(12-17)21-13-18(28-32-21)14-25-23(31)30(19-8-9-19)20-6-3-11-29(15-20)22-7-2-10-26-27-22/h1-2,4-5,7,10,12-13,19-20H,3,6,8-9,11,14-15H2,(H,25,31)/t20-/m1/s1. The van der Waals surface area contributed by atoms with Gasteiger partial charge in [0.15, 0.2) is 11.6 Å². The first-order chi connectivity index (χ1) is 15.7. The average Bonchev–Trinajstić information content (AvgIpc) is 3.54. The maximum atomic E-state index is 13.2. The van der Waals surface area contributed by atoms with E-state index in [2.05, 4.69) is 25.6 Å². The van der Waals surface area contributed by atoms with E-state index in [4.69, 9.17) is 16.1 Å². The van der Waals surface area contributed by atoms with Gasteiger partial charge in [-0.2, -0.15) is 5.10 Å². The zero-order valence-electron chi connectivity index (χ0n) is 17.7. The third kappa shape index (κ3) is 4.70. The van der Waals surface area contributed by atoms with E-state index in [1.54, 1.807) is 6.20 Å². The topological polar surface area (TPSA) is 87.4 Å². The first-order valence-corrected chi connectivity index (χ1v) is 11.4. The number of urea groups is 1. The molecule has 1 N–H and O–H groups in total. The Balaban J connectivity index is 1.23. The molecule has 3 heterocycles. The maximum Gasteiger partial charge on any atom is 0.318 e. The summed E-state index contributed by atoms with van der Waals surface area (Å²) in [7, 11) is 0. The quantitative estimate of drug-likeness (QED) is 0.605. The number of halogens is 1. The molecular weight excluding hydrogens is 428 g/mol. The van der Waals surface area contributed by atoms with E-state index in [-0.39, 0.29) is 12.1 Å². The lowest BCUT2D eigenvalue weighted by Gasteiger charge is -2.39. The van der Waals surface area contributed by atoms with Crippen LogP contribution in [-0.2, 0) is 6.54 Å². The molecule has 2 aliphatic rings. The molecule has 1 aromatic carbocycles. The van der Waals surface area contributed by atoms with Crippen LogP contribution in [0.1, 0.15) is 31.4 Å². The molecule has 0 unspecified atom stereocenters. The molecule has 166 valence electrons. The van der Waals surface area contributed by atoms with Crippen LogP contribution >= 0.6 is 11.6 Å². The minimum Gasteiger partial charge on any atom is -0.356 e. The van der Waals surface area contributed by atoms with Crippen molar-refractivity contribution in [3.05, 3.63) is 59.4 Å². The molecule has 1 saturated heterocycles. The van der Waals surface area contributed by atoms with Crippen molar-refractivity contribution in [3.8, 4) is 11.3 Å². The number of rotatable bonds is 6. The first kappa shape index (κ1) is 20.8. The molecule has 1 saturated carbocycles. The zero-order valence-corrected chi connectivity index (χ0v) is 18.4. The van der Waals surface area contributed by atoms with E-state index in [1.165, 1.54) is 0 Å². The predicted octanol–water partition coefficient (Wildman–Crippen LogP) is 4.13. The summed E-state index contributed by atoms with van der Waals surface area (Å²) in [6.07, 6.45) is 5.79. The van der Waals surface area contributed by atoms with Crippen molar-refractivity contribution in [1.82, 2.24) is 25.6 Å². The molecule has 0 spiro atoms. The molecule has 2 fully saturated rings. The van der Waals surface area contributed by atoms with Crippen LogP contribution < -0.4 is 10.2 Å². The number of anilines is 1. The molecule has 1 aliphatic heterocycles. The molecule has 32 heavy (non-hydrogen) atoms. The fourth-order valence-corrected chi connectivity index (χ4v) is 4.46. The average molecular weight is 453 g/mol. The summed E-state index contributed by atoms with van der Waals surface area (Å²) in [6, 6.07) is 13.5. The number of benzene rings is 1. The Morgan fingerprint density at radius 1 is 1.19 bits per heavy atom. The van der Waals surface area contributed by atoms with Gasteiger partial charge in [0.25, 0.3) is 0 Å². The van der Waals surface area contributed by atoms with Crippen LogP contribution in [0.3, 0.4) is 0 Å². The molecule has 8 nitrogen and oxygen atoms in total. The summed E-state index contributed by atoms with van der Waals surface area (Å²) in [5.41, 5.74) is 1.53. The number of aromatic nitrogens is 3. The predicted molar refractivity (Wildman–Crippen MR) is 121 cm³/mol. The molecule has 9 heteroatoms. The Hall–Kier alpha value is -3.13. The van der Waals surface area contributed by atoms with Crippen LogP contribution in [-0.4, -0.2) is 51.5 Å². The molecular formula is C23H25ClN6O2. The highest BCUT2D eigenvalue weighted by atomic mass is 35.5. The van der Waals surface area contributed by atoms with Gasteiger partial charge >= 0.3 is 6.03 Å². The van der Waals surface area contributed by atoms with Gasteiger partial charge in [0.2, 0.25) is 0 Å². The highest BCUT2D eigenvalue weighted by molar-refractivity contribution is 6.30. The largest absolute Gasteiger partial charge is 0.356 e. The summed E-state index contributed by atoms with van der Waals surface area (Å²) in [5.74, 6) is 1.49. The monoisotopic (exact) mass is 452 g/mol. The SMILES string of the molecule is O=C(NCc1cc(-c2cccc(Cl)c2)on1)N(C1CC1)[C@@H]1CCCN(c2cccnn2)C1. The molecule has 1 aliphatic carbocycles. The van der Waals surface area contributed by atoms with Gasteiger partial charge < -0.3 is 19.6 Å². The van der Waals surface area contributed by atoms with E-state index >= 15 is 0 Å². The summed E-state index contributed by atoms with van der Waals surface area (Å²) >= 11 is 6.06. The molecule has 3 aromatic rings. The molecule has 0 bridgehead atoms. The van der Waals surface area contributed by atoms with Crippen LogP contribution in [0.2, 0.25) is 5.02 Å². The number of carbonyl (C=O) groups is 1. The van der Waals surface area contributed by atoms with Crippen molar-refractivity contribution in [3.63, 3.8) is 0 Å². The van der Waals surface area contributed by atoms with Crippen molar-refractivity contribution in [2.24, 2.45) is 0 Å². The van der Waals surface area contributed by atoms with E-state index < -0.39 is 0 Å². The second-order valence-electron chi connectivity index (χ2n) is 8.31. The number of nitrogens with one attached hydrogen (secondary N) is 1. The Bertz CT molecular complexity index is 1070. The van der Waals surface area contributed by atoms with Crippen molar-refractivity contribution >= 4 is 23.4 Å². The smallest absolute Gasteiger partial charge is 0.318 e. The van der Waals surface area contributed by atoms with Gasteiger partial charge in [-0.15, -0.1) is 5.10 Å². The van der Waals surface area contributed by atoms with Gasteiger partial charge in [-0.3, -0.25) is 0 Å². The highest BCUT2D eigenvalue weighted by Crippen LogP contribution is 2.32. The van der Waals surface area contributed by atoms with Crippen LogP contribution in [0.25, 0.3) is 11.3 Å². The second-order valence-corrected chi connectivity index (χ2v) is 8.75. The number of carbonyl (C=O) groups excluding carboxylic acids is 1. The molecule has 0 radical (unpaired) electrons. The van der Waals surface area contributed by atoms with E-state index in [9.17, 15) is 4.79 Å². The normalized spacial score (nSPS) is 18.4. The fourth-order valence-electron chi connectivity index (χ4n) is 4.26. The Morgan fingerprint density at radius 2 is 2.09 bits per heavy atom. The molecule has 2 amide bonds. The Labute approximate surface area is 191 Å². The molecule has 1 atom stereocenters. The first-order valence-electron chi connectivity index (χ1n) is 11.0. The number of nitrogens with zero attached hydrogens (tertiary/aromatic N) is 5. The zero-order chi connectivity index (χ0) is 21.9. The number of amides is 2. The van der Waals surface area contributed by atoms with E-state index in [1.807, 2.05) is 47.4 Å². The van der Waals surface area contributed by atoms with Crippen LogP contribution in [0, 0.1) is 0 Å². The Kier molecular flexibility index (Phi) is 5.94. The Morgan fingerprint density at radius 3 is 2.88 bits per heavy atom. The summed E-state index contributed by atoms with van der Waals surface area (Å²) in [6.45, 7) is 2.01. The minimum absolute atomic E-state index is 0.0502. The minimum atomic E-state index is -0.0502. The van der Waals surface area contributed by atoms with Crippen molar-refractivity contribution in [2.75, 3.05) is 18.0 Å². The lowest BCUT2D eigenvalue weighted by atomic mass is 10.0. The van der Waals surface area contributed by atoms with Crippen molar-refractivity contribution in [1.29, 1.82) is 0 Å².